The number of rotatable bonds is 3. The van der Waals surface area contributed by atoms with Gasteiger partial charge in [-0.1, -0.05) is 12.1 Å². The molecule has 0 N–H and O–H groups in total. The second-order valence-corrected chi connectivity index (χ2v) is 8.63. The summed E-state index contributed by atoms with van der Waals surface area (Å²) >= 11 is 0. The van der Waals surface area contributed by atoms with E-state index in [2.05, 4.69) is 23.6 Å². The van der Waals surface area contributed by atoms with Crippen LogP contribution in [0.4, 0.5) is 0 Å². The van der Waals surface area contributed by atoms with E-state index in [0.717, 1.165) is 50.3 Å². The van der Waals surface area contributed by atoms with Crippen molar-refractivity contribution in [1.82, 2.24) is 4.90 Å². The van der Waals surface area contributed by atoms with Gasteiger partial charge >= 0.3 is 0 Å². The monoisotopic (exact) mass is 369 g/mol. The molecule has 5 heteroatoms. The van der Waals surface area contributed by atoms with Crippen molar-refractivity contribution in [2.75, 3.05) is 33.4 Å². The van der Waals surface area contributed by atoms with Crippen LogP contribution in [0.15, 0.2) is 24.8 Å². The van der Waals surface area contributed by atoms with E-state index < -0.39 is 5.79 Å². The van der Waals surface area contributed by atoms with E-state index in [1.807, 2.05) is 6.08 Å². The van der Waals surface area contributed by atoms with Crippen LogP contribution in [0.25, 0.3) is 0 Å². The molecule has 3 fully saturated rings. The molecule has 6 rings (SSSR count). The standard InChI is InChI=1S/C22H27NO4/c1-3-9-23-10-8-21-15-6-7-22(25-11-12-26-22)20(21)27-19-17(24-2)5-4-14(18(19)21)13-16(15)23/h3-5,15-16,20H,1,6-13H2,2H3/t15-,16+,20?,21?/m1/s1. The van der Waals surface area contributed by atoms with E-state index in [9.17, 15) is 0 Å². The number of likely N-dealkylation sites (tertiary alicyclic amines) is 1. The maximum Gasteiger partial charge on any atom is 0.206 e. The van der Waals surface area contributed by atoms with Crippen molar-refractivity contribution in [2.45, 2.75) is 49.0 Å². The summed E-state index contributed by atoms with van der Waals surface area (Å²) in [7, 11) is 1.73. The summed E-state index contributed by atoms with van der Waals surface area (Å²) in [5, 5.41) is 0. The largest absolute Gasteiger partial charge is 0.493 e. The van der Waals surface area contributed by atoms with Gasteiger partial charge in [0.05, 0.1) is 20.3 Å². The lowest BCUT2D eigenvalue weighted by atomic mass is 9.50. The lowest BCUT2D eigenvalue weighted by Crippen LogP contribution is -2.70. The first kappa shape index (κ1) is 16.4. The molecule has 2 bridgehead atoms. The highest BCUT2D eigenvalue weighted by atomic mass is 16.8. The molecule has 0 aromatic heterocycles. The fourth-order valence-corrected chi connectivity index (χ4v) is 6.91. The first-order valence-electron chi connectivity index (χ1n) is 10.2. The molecule has 4 atom stereocenters. The van der Waals surface area contributed by atoms with Crippen LogP contribution >= 0.6 is 0 Å². The molecule has 144 valence electrons. The van der Waals surface area contributed by atoms with Crippen LogP contribution < -0.4 is 9.47 Å². The molecule has 3 heterocycles. The Kier molecular flexibility index (Phi) is 3.34. The Hall–Kier alpha value is -1.56. The maximum absolute atomic E-state index is 6.72. The average molecular weight is 369 g/mol. The number of ether oxygens (including phenoxy) is 4. The Morgan fingerprint density at radius 2 is 2.15 bits per heavy atom. The van der Waals surface area contributed by atoms with E-state index in [0.29, 0.717) is 25.2 Å². The maximum atomic E-state index is 6.72. The number of nitrogens with zero attached hydrogens (tertiary/aromatic N) is 1. The minimum atomic E-state index is -0.597. The lowest BCUT2D eigenvalue weighted by Gasteiger charge is -2.60. The molecule has 1 aromatic carbocycles. The van der Waals surface area contributed by atoms with Gasteiger partial charge in [0.2, 0.25) is 5.79 Å². The summed E-state index contributed by atoms with van der Waals surface area (Å²) in [6.07, 6.45) is 6.15. The lowest BCUT2D eigenvalue weighted by molar-refractivity contribution is -0.261. The smallest absolute Gasteiger partial charge is 0.206 e. The van der Waals surface area contributed by atoms with Gasteiger partial charge < -0.3 is 18.9 Å². The minimum absolute atomic E-state index is 0.0254. The van der Waals surface area contributed by atoms with Crippen LogP contribution in [0.3, 0.4) is 0 Å². The highest BCUT2D eigenvalue weighted by Crippen LogP contribution is 2.66. The normalized spacial score (nSPS) is 37.7. The third-order valence-electron chi connectivity index (χ3n) is 7.78. The van der Waals surface area contributed by atoms with Crippen LogP contribution in [-0.4, -0.2) is 56.2 Å². The van der Waals surface area contributed by atoms with Crippen molar-refractivity contribution in [3.63, 3.8) is 0 Å². The molecule has 2 spiro atoms. The quantitative estimate of drug-likeness (QED) is 0.766. The van der Waals surface area contributed by atoms with E-state index in [1.54, 1.807) is 7.11 Å². The van der Waals surface area contributed by atoms with Crippen LogP contribution in [0, 0.1) is 5.92 Å². The molecule has 2 aliphatic carbocycles. The summed E-state index contributed by atoms with van der Waals surface area (Å²) in [5.41, 5.74) is 2.78. The van der Waals surface area contributed by atoms with Crippen molar-refractivity contribution in [2.24, 2.45) is 5.92 Å². The summed E-state index contributed by atoms with van der Waals surface area (Å²) in [5.74, 6) is 1.76. The second kappa shape index (κ2) is 5.49. The van der Waals surface area contributed by atoms with Crippen molar-refractivity contribution in [3.05, 3.63) is 35.9 Å². The zero-order valence-electron chi connectivity index (χ0n) is 15.9. The van der Waals surface area contributed by atoms with Crippen molar-refractivity contribution in [3.8, 4) is 11.5 Å². The van der Waals surface area contributed by atoms with Gasteiger partial charge in [-0.25, -0.2) is 0 Å². The van der Waals surface area contributed by atoms with Crippen molar-refractivity contribution in [1.29, 1.82) is 0 Å². The molecular weight excluding hydrogens is 342 g/mol. The van der Waals surface area contributed by atoms with Gasteiger partial charge in [-0.3, -0.25) is 4.90 Å². The Balaban J connectivity index is 1.57. The fraction of sp³-hybridized carbons (Fsp3) is 0.636. The van der Waals surface area contributed by atoms with E-state index in [4.69, 9.17) is 18.9 Å². The topological polar surface area (TPSA) is 40.2 Å². The van der Waals surface area contributed by atoms with E-state index in [-0.39, 0.29) is 11.5 Å². The van der Waals surface area contributed by atoms with Crippen molar-refractivity contribution < 1.29 is 18.9 Å². The van der Waals surface area contributed by atoms with Crippen molar-refractivity contribution >= 4 is 0 Å². The van der Waals surface area contributed by atoms with Gasteiger partial charge in [-0.15, -0.1) is 6.58 Å². The van der Waals surface area contributed by atoms with E-state index in [1.165, 1.54) is 11.1 Å². The predicted octanol–water partition coefficient (Wildman–Crippen LogP) is 2.66. The molecule has 0 radical (unpaired) electrons. The Morgan fingerprint density at radius 3 is 2.93 bits per heavy atom. The highest BCUT2D eigenvalue weighted by molar-refractivity contribution is 5.61. The summed E-state index contributed by atoms with van der Waals surface area (Å²) < 4.78 is 24.9. The first-order valence-corrected chi connectivity index (χ1v) is 10.2. The molecular formula is C22H27NO4. The highest BCUT2D eigenvalue weighted by Gasteiger charge is 2.71. The SMILES string of the molecule is C=CCN1CCC23c4c5ccc(OC)c4OC2C2(CC[C@@H]3[C@@H]1C5)OCCO2. The van der Waals surface area contributed by atoms with Crippen LogP contribution in [0.2, 0.25) is 0 Å². The number of piperidine rings is 1. The number of methoxy groups -OCH3 is 1. The van der Waals surface area contributed by atoms with Gasteiger partial charge in [-0.2, -0.15) is 0 Å². The van der Waals surface area contributed by atoms with E-state index >= 15 is 0 Å². The molecule has 3 aliphatic heterocycles. The summed E-state index contributed by atoms with van der Waals surface area (Å²) in [6.45, 7) is 7.34. The van der Waals surface area contributed by atoms with Gasteiger partial charge in [-0.05, 0) is 43.4 Å². The fourth-order valence-electron chi connectivity index (χ4n) is 6.91. The number of fused-ring (bicyclic) bond motifs is 1. The minimum Gasteiger partial charge on any atom is -0.493 e. The number of hydrogen-bond donors (Lipinski definition) is 0. The Bertz CT molecular complexity index is 802. The van der Waals surface area contributed by atoms with Gasteiger partial charge in [0, 0.05) is 30.0 Å². The van der Waals surface area contributed by atoms with Gasteiger partial charge in [0.1, 0.15) is 0 Å². The van der Waals surface area contributed by atoms with Crippen LogP contribution in [0.1, 0.15) is 30.4 Å². The zero-order valence-corrected chi connectivity index (χ0v) is 15.9. The third kappa shape index (κ3) is 1.86. The van der Waals surface area contributed by atoms with Crippen LogP contribution in [0.5, 0.6) is 11.5 Å². The number of benzene rings is 1. The second-order valence-electron chi connectivity index (χ2n) is 8.63. The van der Waals surface area contributed by atoms with Gasteiger partial charge in [0.15, 0.2) is 17.6 Å². The first-order chi connectivity index (χ1) is 13.2. The zero-order chi connectivity index (χ0) is 18.2. The summed E-state index contributed by atoms with van der Waals surface area (Å²) in [6, 6.07) is 4.86. The molecule has 1 aromatic rings. The Labute approximate surface area is 160 Å². The average Bonchev–Trinajstić information content (AvgIpc) is 3.28. The molecule has 2 saturated heterocycles. The predicted molar refractivity (Wildman–Crippen MR) is 100 cm³/mol. The molecule has 1 saturated carbocycles. The molecule has 5 aliphatic rings. The van der Waals surface area contributed by atoms with Gasteiger partial charge in [0.25, 0.3) is 0 Å². The van der Waals surface area contributed by atoms with Crippen LogP contribution in [-0.2, 0) is 21.3 Å². The summed E-state index contributed by atoms with van der Waals surface area (Å²) in [4.78, 5) is 2.62. The molecule has 2 unspecified atom stereocenters. The Morgan fingerprint density at radius 1 is 1.30 bits per heavy atom. The molecule has 27 heavy (non-hydrogen) atoms. The molecule has 0 amide bonds. The molecule has 5 nitrogen and oxygen atoms in total. The number of hydrogen-bond acceptors (Lipinski definition) is 5. The third-order valence-corrected chi connectivity index (χ3v) is 7.78.